The highest BCUT2D eigenvalue weighted by atomic mass is 16.6. The van der Waals surface area contributed by atoms with Crippen LogP contribution in [0.1, 0.15) is 192 Å². The van der Waals surface area contributed by atoms with Gasteiger partial charge in [-0.05, 0) is 101 Å². The molecule has 0 amide bonds. The van der Waals surface area contributed by atoms with Gasteiger partial charge in [0.1, 0.15) is 6.10 Å². The number of aliphatic hydroxyl groups excluding tert-OH is 2. The number of nitrogens with zero attached hydrogens (tertiary/aromatic N) is 4. The van der Waals surface area contributed by atoms with Gasteiger partial charge in [-0.15, -0.1) is 0 Å². The lowest BCUT2D eigenvalue weighted by atomic mass is 10.1. The maximum absolute atomic E-state index is 9.98. The van der Waals surface area contributed by atoms with E-state index in [2.05, 4.69) is 86.0 Å². The summed E-state index contributed by atoms with van der Waals surface area (Å²) in [5, 5.41) is 25.9. The van der Waals surface area contributed by atoms with Crippen molar-refractivity contribution < 1.29 is 29.2 Å². The van der Waals surface area contributed by atoms with Gasteiger partial charge in [0.25, 0.3) is 0 Å². The third kappa shape index (κ3) is 81.8. The fourth-order valence-electron chi connectivity index (χ4n) is 5.20. The Bertz CT molecular complexity index is 1090. The molecule has 0 radical (unpaired) electrons. The number of hydrogen-bond acceptors (Lipinski definition) is 10. The highest BCUT2D eigenvalue weighted by Gasteiger charge is 2.23. The Morgan fingerprint density at radius 3 is 1.36 bits per heavy atom. The molecule has 16 N–H and O–H groups in total. The SMILES string of the molecule is C.C.C.C.C.C.C.C.C(COCC1CO1)CC1CO1.CC(C)CCCN=C(N)N.CC(C)CCCN=C(N)N.CC(C)CCCN=C(N)NCC(O)COCCCC(O)CN=C(N)NCCCC(C)C. The summed E-state index contributed by atoms with van der Waals surface area (Å²) in [6.07, 6.45) is 12.1. The first-order valence-electron chi connectivity index (χ1n) is 23.3. The second-order valence-electron chi connectivity index (χ2n) is 17.7. The molecule has 0 aromatic heterocycles. The Kier molecular flexibility index (Phi) is 79.4. The number of nitrogens with two attached hydrogens (primary N) is 6. The molecule has 70 heavy (non-hydrogen) atoms. The molecular weight excluding hydrogens is 889 g/mol. The Labute approximate surface area is 435 Å². The molecule has 2 fully saturated rings. The number of hydrogen-bond donors (Lipinski definition) is 10. The van der Waals surface area contributed by atoms with Crippen molar-refractivity contribution in [3.63, 3.8) is 0 Å². The number of rotatable bonds is 32. The summed E-state index contributed by atoms with van der Waals surface area (Å²) in [4.78, 5) is 16.1. The van der Waals surface area contributed by atoms with E-state index in [1.807, 2.05) is 0 Å². The lowest BCUT2D eigenvalue weighted by Crippen LogP contribution is -2.39. The molecule has 432 valence electrons. The summed E-state index contributed by atoms with van der Waals surface area (Å²) in [6.45, 7) is 25.2. The van der Waals surface area contributed by atoms with Crippen molar-refractivity contribution in [2.45, 2.75) is 216 Å². The largest absolute Gasteiger partial charge is 0.391 e. The summed E-state index contributed by atoms with van der Waals surface area (Å²) in [5.74, 6) is 3.95. The molecule has 2 aliphatic heterocycles. The number of guanidine groups is 4. The molecule has 0 aromatic rings. The number of ether oxygens (including phenoxy) is 4. The quantitative estimate of drug-likeness (QED) is 0.0131. The smallest absolute Gasteiger partial charge is 0.188 e. The molecule has 18 nitrogen and oxygen atoms in total. The predicted molar refractivity (Wildman–Crippen MR) is 312 cm³/mol. The van der Waals surface area contributed by atoms with Crippen LogP contribution in [-0.2, 0) is 18.9 Å². The molecule has 0 spiro atoms. The van der Waals surface area contributed by atoms with Gasteiger partial charge in [0.2, 0.25) is 0 Å². The zero-order valence-electron chi connectivity index (χ0n) is 40.4. The van der Waals surface area contributed by atoms with Crippen LogP contribution in [0.3, 0.4) is 0 Å². The van der Waals surface area contributed by atoms with Gasteiger partial charge in [0.05, 0.1) is 51.3 Å². The highest BCUT2D eigenvalue weighted by molar-refractivity contribution is 5.78. The van der Waals surface area contributed by atoms with Gasteiger partial charge in [-0.3, -0.25) is 20.0 Å². The number of nitrogens with one attached hydrogen (secondary N) is 2. The van der Waals surface area contributed by atoms with Gasteiger partial charge in [-0.2, -0.15) is 0 Å². The highest BCUT2D eigenvalue weighted by Crippen LogP contribution is 2.15. The van der Waals surface area contributed by atoms with Crippen LogP contribution in [0.5, 0.6) is 0 Å². The molecule has 0 bridgehead atoms. The zero-order valence-corrected chi connectivity index (χ0v) is 40.4. The Balaban J connectivity index is -0.0000000954. The second-order valence-corrected chi connectivity index (χ2v) is 17.7. The minimum Gasteiger partial charge on any atom is -0.391 e. The maximum Gasteiger partial charge on any atom is 0.188 e. The van der Waals surface area contributed by atoms with E-state index in [0.717, 1.165) is 109 Å². The van der Waals surface area contributed by atoms with Gasteiger partial charge in [-0.25, -0.2) is 0 Å². The Morgan fingerprint density at radius 2 is 0.929 bits per heavy atom. The van der Waals surface area contributed by atoms with Gasteiger partial charge >= 0.3 is 0 Å². The average molecular weight is 1020 g/mol. The zero-order chi connectivity index (χ0) is 47.0. The third-order valence-corrected chi connectivity index (χ3v) is 9.00. The molecule has 2 aliphatic rings. The van der Waals surface area contributed by atoms with Crippen LogP contribution < -0.4 is 45.0 Å². The number of aliphatic imine (C=N–C) groups is 4. The van der Waals surface area contributed by atoms with E-state index in [1.54, 1.807) is 0 Å². The van der Waals surface area contributed by atoms with Crippen molar-refractivity contribution in [3.05, 3.63) is 0 Å². The third-order valence-electron chi connectivity index (χ3n) is 9.00. The fraction of sp³-hybridized carbons (Fsp3) is 0.923. The van der Waals surface area contributed by atoms with Crippen molar-refractivity contribution in [3.8, 4) is 0 Å². The summed E-state index contributed by atoms with van der Waals surface area (Å²) in [7, 11) is 0. The molecule has 2 saturated heterocycles. The van der Waals surface area contributed by atoms with Gasteiger partial charge in [0, 0.05) is 45.9 Å². The van der Waals surface area contributed by atoms with Gasteiger partial charge in [-0.1, -0.05) is 115 Å². The monoisotopic (exact) mass is 1020 g/mol. The minimum absolute atomic E-state index is 0. The van der Waals surface area contributed by atoms with E-state index in [1.165, 1.54) is 12.8 Å². The minimum atomic E-state index is -0.666. The van der Waals surface area contributed by atoms with Crippen LogP contribution in [0.25, 0.3) is 0 Å². The molecule has 0 aliphatic carbocycles. The van der Waals surface area contributed by atoms with Crippen LogP contribution in [0.15, 0.2) is 20.0 Å². The van der Waals surface area contributed by atoms with Crippen molar-refractivity contribution in [1.29, 1.82) is 0 Å². The van der Waals surface area contributed by atoms with E-state index >= 15 is 0 Å². The molecule has 4 unspecified atom stereocenters. The Hall–Kier alpha value is -3.16. The molecule has 2 heterocycles. The van der Waals surface area contributed by atoms with E-state index in [9.17, 15) is 10.2 Å². The average Bonchev–Trinajstić information content (AvgIpc) is 4.14. The van der Waals surface area contributed by atoms with Crippen LogP contribution >= 0.6 is 0 Å². The summed E-state index contributed by atoms with van der Waals surface area (Å²) in [5.41, 5.74) is 32.1. The van der Waals surface area contributed by atoms with Crippen molar-refractivity contribution >= 4 is 23.8 Å². The number of epoxide rings is 2. The summed E-state index contributed by atoms with van der Waals surface area (Å²) < 4.78 is 20.9. The predicted octanol–water partition coefficient (Wildman–Crippen LogP) is 8.25. The molecule has 4 atom stereocenters. The van der Waals surface area contributed by atoms with Gasteiger partial charge < -0.3 is 74.2 Å². The molecule has 18 heteroatoms. The van der Waals surface area contributed by atoms with Crippen LogP contribution in [0.4, 0.5) is 0 Å². The van der Waals surface area contributed by atoms with Crippen molar-refractivity contribution in [2.75, 3.05) is 78.9 Å². The first-order valence-corrected chi connectivity index (χ1v) is 23.3. The lowest BCUT2D eigenvalue weighted by Gasteiger charge is -2.13. The number of aliphatic hydroxyl groups is 2. The first-order chi connectivity index (χ1) is 29.4. The molecule has 2 rings (SSSR count). The standard InChI is InChI=1S/C22H48N6O3.C8H14O3.2C7H17N3.8CH4/c1-17(2)8-5-11-25-21(23)27-14-19(29)10-7-13-31-16-20(30)15-28-22(24)26-12-6-9-18(3)4;1(2-7-5-10-7)3-9-4-8-6-11-8;2*1-6(2)4-3-5-10-7(8)9;;;;;;;;/h17-20,29-30H,5-16H2,1-4H3,(H3,23,25,27)(H3,24,26,28);7-8H,1-6H2;2*6H,3-5H2,1-2H3,(H4,8,9,10);8*1H4. The van der Waals surface area contributed by atoms with Crippen LogP contribution in [0, 0.1) is 23.7 Å². The molecule has 0 saturated carbocycles. The Morgan fingerprint density at radius 1 is 0.514 bits per heavy atom. The first kappa shape index (κ1) is 89.7. The second kappa shape index (κ2) is 62.0. The molecular formula is C52H128N12O6. The van der Waals surface area contributed by atoms with E-state index < -0.39 is 12.2 Å². The summed E-state index contributed by atoms with van der Waals surface area (Å²) >= 11 is 0. The van der Waals surface area contributed by atoms with E-state index in [4.69, 9.17) is 53.3 Å². The van der Waals surface area contributed by atoms with E-state index in [-0.39, 0.29) is 84.5 Å². The van der Waals surface area contributed by atoms with Crippen LogP contribution in [-0.4, -0.2) is 137 Å². The fourth-order valence-corrected chi connectivity index (χ4v) is 5.20. The lowest BCUT2D eigenvalue weighted by molar-refractivity contribution is 0.0337. The van der Waals surface area contributed by atoms with Crippen molar-refractivity contribution in [1.82, 2.24) is 10.6 Å². The van der Waals surface area contributed by atoms with Crippen molar-refractivity contribution in [2.24, 2.45) is 78.0 Å². The van der Waals surface area contributed by atoms with E-state index in [0.29, 0.717) is 68.5 Å². The topological polar surface area (TPSA) is 314 Å². The normalized spacial score (nSPS) is 14.7. The van der Waals surface area contributed by atoms with Crippen LogP contribution in [0.2, 0.25) is 0 Å². The summed E-state index contributed by atoms with van der Waals surface area (Å²) in [6, 6.07) is 0. The molecule has 0 aromatic carbocycles. The van der Waals surface area contributed by atoms with Gasteiger partial charge in [0.15, 0.2) is 23.8 Å². The maximum atomic E-state index is 9.98.